The minimum absolute atomic E-state index is 0. The molecule has 4 heteroatoms. The molecule has 1 saturated heterocycles. The molecule has 1 aliphatic rings. The molecule has 0 aromatic heterocycles. The van der Waals surface area contributed by atoms with Crippen molar-refractivity contribution < 1.29 is 9.90 Å². The summed E-state index contributed by atoms with van der Waals surface area (Å²) in [6, 6.07) is 9.68. The maximum atomic E-state index is 10.7. The summed E-state index contributed by atoms with van der Waals surface area (Å²) in [4.78, 5) is 10.7. The molecular formula is C11H14ClNO2. The van der Waals surface area contributed by atoms with Gasteiger partial charge in [-0.25, -0.2) is 0 Å². The second-order valence-corrected chi connectivity index (χ2v) is 3.64. The van der Waals surface area contributed by atoms with E-state index in [0.29, 0.717) is 12.3 Å². The minimum atomic E-state index is -0.747. The maximum absolute atomic E-state index is 10.7. The Morgan fingerprint density at radius 3 is 2.53 bits per heavy atom. The number of rotatable bonds is 2. The molecule has 2 N–H and O–H groups in total. The van der Waals surface area contributed by atoms with E-state index in [1.54, 1.807) is 0 Å². The Labute approximate surface area is 94.9 Å². The molecule has 1 aromatic rings. The van der Waals surface area contributed by atoms with Crippen molar-refractivity contribution in [2.75, 3.05) is 6.54 Å². The number of aliphatic carboxylic acids is 1. The highest BCUT2D eigenvalue weighted by Crippen LogP contribution is 2.25. The van der Waals surface area contributed by atoms with Crippen molar-refractivity contribution in [3.05, 3.63) is 35.9 Å². The van der Waals surface area contributed by atoms with Crippen molar-refractivity contribution in [1.82, 2.24) is 5.32 Å². The van der Waals surface area contributed by atoms with E-state index in [1.165, 1.54) is 5.56 Å². The SMILES string of the molecule is Cl.O=C(O)[C@H]1C[C@H](c2ccccc2)CN1. The van der Waals surface area contributed by atoms with E-state index in [9.17, 15) is 4.79 Å². The van der Waals surface area contributed by atoms with Crippen LogP contribution in [0.4, 0.5) is 0 Å². The predicted octanol–water partition coefficient (Wildman–Crippen LogP) is 1.64. The lowest BCUT2D eigenvalue weighted by Gasteiger charge is -2.07. The highest BCUT2D eigenvalue weighted by Gasteiger charge is 2.29. The number of hydrogen-bond donors (Lipinski definition) is 2. The molecule has 0 aliphatic carbocycles. The van der Waals surface area contributed by atoms with Crippen molar-refractivity contribution >= 4 is 18.4 Å². The highest BCUT2D eigenvalue weighted by atomic mass is 35.5. The van der Waals surface area contributed by atoms with E-state index < -0.39 is 5.97 Å². The van der Waals surface area contributed by atoms with Crippen LogP contribution in [0, 0.1) is 0 Å². The summed E-state index contributed by atoms with van der Waals surface area (Å²) in [5, 5.41) is 11.8. The lowest BCUT2D eigenvalue weighted by Crippen LogP contribution is -2.29. The molecule has 15 heavy (non-hydrogen) atoms. The Bertz CT molecular complexity index is 329. The van der Waals surface area contributed by atoms with Gasteiger partial charge in [-0.15, -0.1) is 12.4 Å². The number of benzene rings is 1. The van der Waals surface area contributed by atoms with Crippen molar-refractivity contribution in [2.24, 2.45) is 0 Å². The maximum Gasteiger partial charge on any atom is 0.320 e. The summed E-state index contributed by atoms with van der Waals surface area (Å²) in [7, 11) is 0. The smallest absolute Gasteiger partial charge is 0.320 e. The molecule has 0 radical (unpaired) electrons. The fourth-order valence-corrected chi connectivity index (χ4v) is 1.90. The first-order valence-corrected chi connectivity index (χ1v) is 4.78. The van der Waals surface area contributed by atoms with Crippen molar-refractivity contribution in [2.45, 2.75) is 18.4 Å². The normalized spacial score (nSPS) is 24.5. The number of carbonyl (C=O) groups is 1. The number of carboxylic acids is 1. The van der Waals surface area contributed by atoms with Gasteiger partial charge < -0.3 is 10.4 Å². The average Bonchev–Trinajstić information content (AvgIpc) is 2.68. The summed E-state index contributed by atoms with van der Waals surface area (Å²) in [5.74, 6) is -0.402. The minimum Gasteiger partial charge on any atom is -0.480 e. The zero-order valence-electron chi connectivity index (χ0n) is 8.22. The molecule has 82 valence electrons. The predicted molar refractivity (Wildman–Crippen MR) is 60.5 cm³/mol. The lowest BCUT2D eigenvalue weighted by molar-refractivity contribution is -0.139. The number of nitrogens with one attached hydrogen (secondary N) is 1. The first kappa shape index (κ1) is 12.0. The second kappa shape index (κ2) is 5.14. The number of hydrogen-bond acceptors (Lipinski definition) is 2. The Morgan fingerprint density at radius 1 is 1.33 bits per heavy atom. The van der Waals surface area contributed by atoms with Crippen LogP contribution in [-0.2, 0) is 4.79 Å². The number of halogens is 1. The summed E-state index contributed by atoms with van der Waals surface area (Å²) in [6.07, 6.45) is 0.694. The number of carboxylic acid groups (broad SMARTS) is 1. The Morgan fingerprint density at radius 2 is 2.00 bits per heavy atom. The summed E-state index contributed by atoms with van der Waals surface area (Å²) < 4.78 is 0. The van der Waals surface area contributed by atoms with E-state index in [4.69, 9.17) is 5.11 Å². The third-order valence-electron chi connectivity index (χ3n) is 2.70. The van der Waals surface area contributed by atoms with Crippen LogP contribution in [0.1, 0.15) is 17.9 Å². The van der Waals surface area contributed by atoms with E-state index in [2.05, 4.69) is 17.4 Å². The molecule has 0 amide bonds. The summed E-state index contributed by atoms with van der Waals surface area (Å²) in [5.41, 5.74) is 1.23. The van der Waals surface area contributed by atoms with Gasteiger partial charge in [-0.05, 0) is 17.9 Å². The van der Waals surface area contributed by atoms with Gasteiger partial charge in [0.25, 0.3) is 0 Å². The lowest BCUT2D eigenvalue weighted by atomic mass is 9.96. The topological polar surface area (TPSA) is 49.3 Å². The van der Waals surface area contributed by atoms with Crippen molar-refractivity contribution in [1.29, 1.82) is 0 Å². The largest absolute Gasteiger partial charge is 0.480 e. The van der Waals surface area contributed by atoms with Gasteiger partial charge in [-0.1, -0.05) is 30.3 Å². The third kappa shape index (κ3) is 2.70. The standard InChI is InChI=1S/C11H13NO2.ClH/c13-11(14)10-6-9(7-12-10)8-4-2-1-3-5-8;/h1-5,9-10,12H,6-7H2,(H,13,14);1H/t9-,10+;/m0./s1. The molecule has 1 heterocycles. The van der Waals surface area contributed by atoms with Crippen LogP contribution in [0.15, 0.2) is 30.3 Å². The fourth-order valence-electron chi connectivity index (χ4n) is 1.90. The van der Waals surface area contributed by atoms with Crippen LogP contribution in [0.5, 0.6) is 0 Å². The monoisotopic (exact) mass is 227 g/mol. The van der Waals surface area contributed by atoms with Crippen LogP contribution >= 0.6 is 12.4 Å². The fraction of sp³-hybridized carbons (Fsp3) is 0.364. The summed E-state index contributed by atoms with van der Waals surface area (Å²) >= 11 is 0. The molecular weight excluding hydrogens is 214 g/mol. The molecule has 0 spiro atoms. The van der Waals surface area contributed by atoms with Crippen molar-refractivity contribution in [3.63, 3.8) is 0 Å². The van der Waals surface area contributed by atoms with E-state index in [0.717, 1.165) is 6.54 Å². The highest BCUT2D eigenvalue weighted by molar-refractivity contribution is 5.85. The average molecular weight is 228 g/mol. The second-order valence-electron chi connectivity index (χ2n) is 3.64. The molecule has 1 aliphatic heterocycles. The molecule has 1 aromatic carbocycles. The molecule has 2 atom stereocenters. The Balaban J connectivity index is 0.00000112. The van der Waals surface area contributed by atoms with Crippen LogP contribution in [0.3, 0.4) is 0 Å². The van der Waals surface area contributed by atoms with Gasteiger partial charge in [-0.2, -0.15) is 0 Å². The van der Waals surface area contributed by atoms with Gasteiger partial charge in [-0.3, -0.25) is 4.79 Å². The van der Waals surface area contributed by atoms with Crippen LogP contribution in [-0.4, -0.2) is 23.7 Å². The van der Waals surface area contributed by atoms with E-state index in [-0.39, 0.29) is 18.4 Å². The molecule has 2 rings (SSSR count). The molecule has 3 nitrogen and oxygen atoms in total. The van der Waals surface area contributed by atoms with Gasteiger partial charge in [0.2, 0.25) is 0 Å². The van der Waals surface area contributed by atoms with Crippen LogP contribution in [0.25, 0.3) is 0 Å². The van der Waals surface area contributed by atoms with Crippen LogP contribution < -0.4 is 5.32 Å². The van der Waals surface area contributed by atoms with Gasteiger partial charge in [0.15, 0.2) is 0 Å². The van der Waals surface area contributed by atoms with Gasteiger partial charge >= 0.3 is 5.97 Å². The van der Waals surface area contributed by atoms with E-state index >= 15 is 0 Å². The Kier molecular flexibility index (Phi) is 4.12. The molecule has 0 unspecified atom stereocenters. The first-order valence-electron chi connectivity index (χ1n) is 4.78. The zero-order valence-corrected chi connectivity index (χ0v) is 9.04. The van der Waals surface area contributed by atoms with Crippen LogP contribution in [0.2, 0.25) is 0 Å². The zero-order chi connectivity index (χ0) is 9.97. The van der Waals surface area contributed by atoms with Gasteiger partial charge in [0, 0.05) is 6.54 Å². The van der Waals surface area contributed by atoms with Crippen molar-refractivity contribution in [3.8, 4) is 0 Å². The quantitative estimate of drug-likeness (QED) is 0.808. The van der Waals surface area contributed by atoms with Gasteiger partial charge in [0.05, 0.1) is 0 Å². The molecule has 0 bridgehead atoms. The Hall–Kier alpha value is -1.06. The molecule has 1 fully saturated rings. The molecule has 0 saturated carbocycles. The third-order valence-corrected chi connectivity index (χ3v) is 2.70. The van der Waals surface area contributed by atoms with Gasteiger partial charge in [0.1, 0.15) is 6.04 Å². The van der Waals surface area contributed by atoms with E-state index in [1.807, 2.05) is 18.2 Å². The first-order chi connectivity index (χ1) is 6.77. The summed E-state index contributed by atoms with van der Waals surface area (Å²) in [6.45, 7) is 0.765.